The highest BCUT2D eigenvalue weighted by Crippen LogP contribution is 2.35. The lowest BCUT2D eigenvalue weighted by atomic mass is 9.98. The van der Waals surface area contributed by atoms with Gasteiger partial charge in [-0.15, -0.1) is 0 Å². The van der Waals surface area contributed by atoms with Gasteiger partial charge in [-0.25, -0.2) is 0 Å². The van der Waals surface area contributed by atoms with Crippen molar-refractivity contribution in [3.8, 4) is 0 Å². The van der Waals surface area contributed by atoms with Crippen molar-refractivity contribution in [1.29, 1.82) is 0 Å². The molecule has 13 heavy (non-hydrogen) atoms. The molecule has 1 aliphatic rings. The van der Waals surface area contributed by atoms with E-state index in [9.17, 15) is 4.39 Å². The van der Waals surface area contributed by atoms with Crippen LogP contribution >= 0.6 is 11.8 Å². The largest absolute Gasteiger partial charge is 0.326 e. The third-order valence-corrected chi connectivity index (χ3v) is 3.32. The topological polar surface area (TPSA) is 26.0 Å². The van der Waals surface area contributed by atoms with Crippen molar-refractivity contribution in [2.45, 2.75) is 50.3 Å². The summed E-state index contributed by atoms with van der Waals surface area (Å²) in [5, 5.41) is 0.458. The molecular formula is C10H18FNS. The fraction of sp³-hybridized carbons (Fsp3) is 0.800. The summed E-state index contributed by atoms with van der Waals surface area (Å²) in [7, 11) is 0. The molecule has 0 aromatic heterocycles. The molecule has 1 heterocycles. The molecular weight excluding hydrogens is 185 g/mol. The average Bonchev–Trinajstić information content (AvgIpc) is 2.33. The van der Waals surface area contributed by atoms with E-state index in [4.69, 9.17) is 5.73 Å². The van der Waals surface area contributed by atoms with E-state index in [1.807, 2.05) is 13.8 Å². The highest BCUT2D eigenvalue weighted by Gasteiger charge is 2.18. The molecule has 1 rings (SSSR count). The number of nitrogens with two attached hydrogens (primary N) is 1. The molecule has 0 saturated carbocycles. The Kier molecular flexibility index (Phi) is 3.80. The SMILES string of the molecule is CC(C)(N)CCCC1CC=C(F)S1. The maximum absolute atomic E-state index is 12.6. The monoisotopic (exact) mass is 203 g/mol. The molecule has 0 fully saturated rings. The van der Waals surface area contributed by atoms with Gasteiger partial charge in [0.25, 0.3) is 0 Å². The van der Waals surface area contributed by atoms with Gasteiger partial charge in [-0.05, 0) is 39.2 Å². The Bertz CT molecular complexity index is 196. The number of thioether (sulfide) groups is 1. The maximum atomic E-state index is 12.6. The molecule has 2 N–H and O–H groups in total. The van der Waals surface area contributed by atoms with Crippen LogP contribution in [0.1, 0.15) is 39.5 Å². The quantitative estimate of drug-likeness (QED) is 0.759. The van der Waals surface area contributed by atoms with Gasteiger partial charge >= 0.3 is 0 Å². The van der Waals surface area contributed by atoms with E-state index < -0.39 is 0 Å². The van der Waals surface area contributed by atoms with Crippen molar-refractivity contribution in [2.24, 2.45) is 5.73 Å². The van der Waals surface area contributed by atoms with Gasteiger partial charge < -0.3 is 5.73 Å². The van der Waals surface area contributed by atoms with Crippen LogP contribution in [0.4, 0.5) is 4.39 Å². The molecule has 0 aromatic rings. The summed E-state index contributed by atoms with van der Waals surface area (Å²) >= 11 is 1.37. The lowest BCUT2D eigenvalue weighted by Crippen LogP contribution is -2.31. The minimum Gasteiger partial charge on any atom is -0.326 e. The average molecular weight is 203 g/mol. The van der Waals surface area contributed by atoms with E-state index in [1.54, 1.807) is 6.08 Å². The molecule has 1 aliphatic heterocycles. The maximum Gasteiger partial charge on any atom is 0.152 e. The Hall–Kier alpha value is -0.0200. The van der Waals surface area contributed by atoms with E-state index in [2.05, 4.69) is 0 Å². The van der Waals surface area contributed by atoms with Crippen molar-refractivity contribution < 1.29 is 4.39 Å². The molecule has 0 aromatic carbocycles. The van der Waals surface area contributed by atoms with Crippen molar-refractivity contribution in [1.82, 2.24) is 0 Å². The van der Waals surface area contributed by atoms with Gasteiger partial charge in [-0.1, -0.05) is 18.2 Å². The van der Waals surface area contributed by atoms with Crippen molar-refractivity contribution in [3.05, 3.63) is 11.2 Å². The van der Waals surface area contributed by atoms with E-state index in [-0.39, 0.29) is 10.7 Å². The van der Waals surface area contributed by atoms with Crippen LogP contribution in [0, 0.1) is 0 Å². The fourth-order valence-corrected chi connectivity index (χ4v) is 2.43. The van der Waals surface area contributed by atoms with Crippen molar-refractivity contribution in [2.75, 3.05) is 0 Å². The third kappa shape index (κ3) is 4.67. The molecule has 1 atom stereocenters. The Morgan fingerprint density at radius 1 is 1.69 bits per heavy atom. The molecule has 1 nitrogen and oxygen atoms in total. The molecule has 76 valence electrons. The van der Waals surface area contributed by atoms with Crippen LogP contribution in [0.5, 0.6) is 0 Å². The first-order valence-electron chi connectivity index (χ1n) is 4.78. The van der Waals surface area contributed by atoms with Gasteiger partial charge in [-0.2, -0.15) is 4.39 Å². The summed E-state index contributed by atoms with van der Waals surface area (Å²) in [5.74, 6) is 0. The molecule has 0 amide bonds. The predicted octanol–water partition coefficient (Wildman–Crippen LogP) is 3.21. The third-order valence-electron chi connectivity index (χ3n) is 2.17. The summed E-state index contributed by atoms with van der Waals surface area (Å²) in [5.41, 5.74) is 5.78. The Balaban J connectivity index is 2.08. The van der Waals surface area contributed by atoms with Crippen LogP contribution in [-0.4, -0.2) is 10.8 Å². The second-order valence-electron chi connectivity index (χ2n) is 4.36. The van der Waals surface area contributed by atoms with Crippen LogP contribution in [0.25, 0.3) is 0 Å². The highest BCUT2D eigenvalue weighted by atomic mass is 32.2. The van der Waals surface area contributed by atoms with Crippen LogP contribution in [0.15, 0.2) is 11.2 Å². The Morgan fingerprint density at radius 2 is 2.38 bits per heavy atom. The second kappa shape index (κ2) is 4.47. The van der Waals surface area contributed by atoms with Crippen LogP contribution < -0.4 is 5.73 Å². The summed E-state index contributed by atoms with van der Waals surface area (Å²) in [6.45, 7) is 4.07. The lowest BCUT2D eigenvalue weighted by molar-refractivity contribution is 0.448. The van der Waals surface area contributed by atoms with Crippen molar-refractivity contribution >= 4 is 11.8 Å². The molecule has 0 spiro atoms. The minimum atomic E-state index is -0.0742. The van der Waals surface area contributed by atoms with Gasteiger partial charge in [-0.3, -0.25) is 0 Å². The van der Waals surface area contributed by atoms with Crippen LogP contribution in [-0.2, 0) is 0 Å². The zero-order valence-electron chi connectivity index (χ0n) is 8.35. The number of hydrogen-bond donors (Lipinski definition) is 1. The van der Waals surface area contributed by atoms with Crippen LogP contribution in [0.3, 0.4) is 0 Å². The van der Waals surface area contributed by atoms with Gasteiger partial charge in [0.2, 0.25) is 0 Å². The lowest BCUT2D eigenvalue weighted by Gasteiger charge is -2.18. The molecule has 0 bridgehead atoms. The minimum absolute atomic E-state index is 0.00277. The molecule has 0 radical (unpaired) electrons. The zero-order valence-corrected chi connectivity index (χ0v) is 9.16. The number of allylic oxidation sites excluding steroid dienone is 1. The van der Waals surface area contributed by atoms with E-state index in [1.165, 1.54) is 11.8 Å². The molecule has 0 aliphatic carbocycles. The van der Waals surface area contributed by atoms with E-state index >= 15 is 0 Å². The summed E-state index contributed by atoms with van der Waals surface area (Å²) in [4.78, 5) is 0. The molecule has 3 heteroatoms. The van der Waals surface area contributed by atoms with Crippen LogP contribution in [0.2, 0.25) is 0 Å². The van der Waals surface area contributed by atoms with Gasteiger partial charge in [0, 0.05) is 10.8 Å². The smallest absolute Gasteiger partial charge is 0.152 e. The summed E-state index contributed by atoms with van der Waals surface area (Å²) < 4.78 is 12.6. The fourth-order valence-electron chi connectivity index (χ4n) is 1.44. The predicted molar refractivity (Wildman–Crippen MR) is 57.3 cm³/mol. The Morgan fingerprint density at radius 3 is 2.85 bits per heavy atom. The van der Waals surface area contributed by atoms with Gasteiger partial charge in [0.1, 0.15) is 0 Å². The summed E-state index contributed by atoms with van der Waals surface area (Å²) in [6.07, 6.45) is 5.77. The van der Waals surface area contributed by atoms with Gasteiger partial charge in [0.05, 0.1) is 0 Å². The summed E-state index contributed by atoms with van der Waals surface area (Å²) in [6, 6.07) is 0. The molecule has 0 saturated heterocycles. The van der Waals surface area contributed by atoms with E-state index in [0.29, 0.717) is 5.25 Å². The molecule has 1 unspecified atom stereocenters. The number of hydrogen-bond acceptors (Lipinski definition) is 2. The van der Waals surface area contributed by atoms with Gasteiger partial charge in [0.15, 0.2) is 5.16 Å². The van der Waals surface area contributed by atoms with Crippen molar-refractivity contribution in [3.63, 3.8) is 0 Å². The highest BCUT2D eigenvalue weighted by molar-refractivity contribution is 8.03. The normalized spacial score (nSPS) is 23.4. The Labute approximate surface area is 84.0 Å². The first-order valence-corrected chi connectivity index (χ1v) is 5.66. The standard InChI is InChI=1S/C10H18FNS/c1-10(2,12)7-3-4-8-5-6-9(11)13-8/h6,8H,3-5,7,12H2,1-2H3. The van der Waals surface area contributed by atoms with E-state index in [0.717, 1.165) is 25.7 Å². The first kappa shape index (κ1) is 11.1. The number of halogens is 1. The second-order valence-corrected chi connectivity index (χ2v) is 5.66. The zero-order chi connectivity index (χ0) is 9.90. The first-order chi connectivity index (χ1) is 5.97. The number of rotatable bonds is 4.